The smallest absolute Gasteiger partial charge is 0.321 e. The van der Waals surface area contributed by atoms with Crippen LogP contribution in [0.4, 0.5) is 9.93 Å². The molecular formula is C12H20N4OS2. The molecule has 0 spiro atoms. The zero-order chi connectivity index (χ0) is 13.7. The van der Waals surface area contributed by atoms with Gasteiger partial charge in [0.25, 0.3) is 0 Å². The molecular weight excluding hydrogens is 280 g/mol. The van der Waals surface area contributed by atoms with E-state index < -0.39 is 0 Å². The summed E-state index contributed by atoms with van der Waals surface area (Å²) in [6.45, 7) is 4.06. The highest BCUT2D eigenvalue weighted by Crippen LogP contribution is 2.28. The standard InChI is InChI=1S/C12H20N4OS2/c1-3-18-10-6-4-5-9(7-10)13-11(17)14-12-16-15-8(2)19-12/h9-10H,3-7H2,1-2H3,(H2,13,14,16,17)/t9-,10+/m0/s1. The van der Waals surface area contributed by atoms with Crippen LogP contribution >= 0.6 is 23.1 Å². The Morgan fingerprint density at radius 1 is 1.47 bits per heavy atom. The Hall–Kier alpha value is -0.820. The molecule has 1 aliphatic rings. The van der Waals surface area contributed by atoms with E-state index in [4.69, 9.17) is 0 Å². The molecule has 1 aromatic rings. The molecule has 1 aromatic heterocycles. The Bertz CT molecular complexity index is 422. The van der Waals surface area contributed by atoms with Crippen LogP contribution < -0.4 is 10.6 Å². The number of rotatable bonds is 4. The van der Waals surface area contributed by atoms with Gasteiger partial charge in [0.05, 0.1) is 0 Å². The summed E-state index contributed by atoms with van der Waals surface area (Å²) >= 11 is 3.39. The van der Waals surface area contributed by atoms with Crippen molar-refractivity contribution in [3.8, 4) is 0 Å². The Labute approximate surface area is 122 Å². The van der Waals surface area contributed by atoms with Crippen LogP contribution in [0.15, 0.2) is 0 Å². The lowest BCUT2D eigenvalue weighted by Gasteiger charge is -2.29. The molecule has 2 atom stereocenters. The van der Waals surface area contributed by atoms with E-state index in [0.29, 0.717) is 10.4 Å². The van der Waals surface area contributed by atoms with Crippen LogP contribution in [-0.2, 0) is 0 Å². The van der Waals surface area contributed by atoms with E-state index in [0.717, 1.165) is 23.6 Å². The van der Waals surface area contributed by atoms with Gasteiger partial charge in [-0.2, -0.15) is 11.8 Å². The highest BCUT2D eigenvalue weighted by Gasteiger charge is 2.23. The van der Waals surface area contributed by atoms with Crippen molar-refractivity contribution in [2.45, 2.75) is 50.8 Å². The van der Waals surface area contributed by atoms with Gasteiger partial charge in [-0.3, -0.25) is 5.32 Å². The van der Waals surface area contributed by atoms with Crippen molar-refractivity contribution in [2.24, 2.45) is 0 Å². The summed E-state index contributed by atoms with van der Waals surface area (Å²) in [4.78, 5) is 11.9. The van der Waals surface area contributed by atoms with Crippen molar-refractivity contribution >= 4 is 34.3 Å². The number of carbonyl (C=O) groups is 1. The van der Waals surface area contributed by atoms with Gasteiger partial charge < -0.3 is 5.32 Å². The molecule has 0 unspecified atom stereocenters. The maximum absolute atomic E-state index is 11.9. The second kappa shape index (κ2) is 7.09. The molecule has 0 aliphatic heterocycles. The van der Waals surface area contributed by atoms with Crippen LogP contribution in [0.25, 0.3) is 0 Å². The summed E-state index contributed by atoms with van der Waals surface area (Å²) in [5.41, 5.74) is 0. The number of carbonyl (C=O) groups excluding carboxylic acids is 1. The van der Waals surface area contributed by atoms with Crippen LogP contribution in [0.5, 0.6) is 0 Å². The van der Waals surface area contributed by atoms with Gasteiger partial charge in [-0.15, -0.1) is 10.2 Å². The number of anilines is 1. The normalized spacial score (nSPS) is 23.1. The topological polar surface area (TPSA) is 66.9 Å². The van der Waals surface area contributed by atoms with E-state index in [2.05, 4.69) is 27.8 Å². The summed E-state index contributed by atoms with van der Waals surface area (Å²) in [6, 6.07) is 0.120. The molecule has 0 aromatic carbocycles. The summed E-state index contributed by atoms with van der Waals surface area (Å²) in [6.07, 6.45) is 4.61. The molecule has 1 fully saturated rings. The first kappa shape index (κ1) is 14.6. The molecule has 0 bridgehead atoms. The van der Waals surface area contributed by atoms with Crippen molar-refractivity contribution in [2.75, 3.05) is 11.1 Å². The van der Waals surface area contributed by atoms with Crippen molar-refractivity contribution in [3.63, 3.8) is 0 Å². The molecule has 0 saturated heterocycles. The number of hydrogen-bond donors (Lipinski definition) is 2. The van der Waals surface area contributed by atoms with E-state index in [1.54, 1.807) is 0 Å². The second-order valence-corrected chi connectivity index (χ2v) is 7.42. The molecule has 2 rings (SSSR count). The molecule has 19 heavy (non-hydrogen) atoms. The lowest BCUT2D eigenvalue weighted by Crippen LogP contribution is -2.41. The number of thioether (sulfide) groups is 1. The largest absolute Gasteiger partial charge is 0.335 e. The molecule has 1 aliphatic carbocycles. The SMILES string of the molecule is CCS[C@@H]1CCC[C@H](NC(=O)Nc2nnc(C)s2)C1. The maximum atomic E-state index is 11.9. The minimum Gasteiger partial charge on any atom is -0.335 e. The molecule has 1 saturated carbocycles. The maximum Gasteiger partial charge on any atom is 0.321 e. The van der Waals surface area contributed by atoms with E-state index in [1.807, 2.05) is 18.7 Å². The summed E-state index contributed by atoms with van der Waals surface area (Å²) < 4.78 is 0. The lowest BCUT2D eigenvalue weighted by atomic mass is 9.95. The Kier molecular flexibility index (Phi) is 5.45. The quantitative estimate of drug-likeness (QED) is 0.897. The molecule has 7 heteroatoms. The van der Waals surface area contributed by atoms with Gasteiger partial charge in [0, 0.05) is 11.3 Å². The third-order valence-corrected chi connectivity index (χ3v) is 5.10. The number of nitrogens with one attached hydrogen (secondary N) is 2. The average molecular weight is 300 g/mol. The fraction of sp³-hybridized carbons (Fsp3) is 0.750. The number of urea groups is 1. The second-order valence-electron chi connectivity index (χ2n) is 4.67. The van der Waals surface area contributed by atoms with E-state index in [-0.39, 0.29) is 12.1 Å². The minimum atomic E-state index is -0.164. The van der Waals surface area contributed by atoms with Crippen molar-refractivity contribution in [1.82, 2.24) is 15.5 Å². The average Bonchev–Trinajstić information content (AvgIpc) is 2.75. The number of nitrogens with zero attached hydrogens (tertiary/aromatic N) is 2. The van der Waals surface area contributed by atoms with Gasteiger partial charge in [0.2, 0.25) is 5.13 Å². The van der Waals surface area contributed by atoms with Gasteiger partial charge in [-0.1, -0.05) is 24.7 Å². The van der Waals surface area contributed by atoms with E-state index >= 15 is 0 Å². The first-order valence-corrected chi connectivity index (χ1v) is 8.53. The molecule has 5 nitrogen and oxygen atoms in total. The minimum absolute atomic E-state index is 0.164. The van der Waals surface area contributed by atoms with Crippen LogP contribution in [0.3, 0.4) is 0 Å². The molecule has 0 radical (unpaired) electrons. The van der Waals surface area contributed by atoms with Gasteiger partial charge in [0.1, 0.15) is 5.01 Å². The van der Waals surface area contributed by atoms with Crippen molar-refractivity contribution in [3.05, 3.63) is 5.01 Å². The monoisotopic (exact) mass is 300 g/mol. The molecule has 2 amide bonds. The highest BCUT2D eigenvalue weighted by atomic mass is 32.2. The van der Waals surface area contributed by atoms with E-state index in [1.165, 1.54) is 24.2 Å². The van der Waals surface area contributed by atoms with Gasteiger partial charge >= 0.3 is 6.03 Å². The fourth-order valence-electron chi connectivity index (χ4n) is 2.33. The molecule has 1 heterocycles. The zero-order valence-electron chi connectivity index (χ0n) is 11.3. The number of amides is 2. The number of aryl methyl sites for hydroxylation is 1. The summed E-state index contributed by atoms with van der Waals surface area (Å²) in [5, 5.41) is 15.6. The van der Waals surface area contributed by atoms with Crippen molar-refractivity contribution < 1.29 is 4.79 Å². The van der Waals surface area contributed by atoms with Gasteiger partial charge in [0.15, 0.2) is 0 Å². The molecule has 106 valence electrons. The van der Waals surface area contributed by atoms with Crippen LogP contribution in [-0.4, -0.2) is 33.3 Å². The van der Waals surface area contributed by atoms with Crippen LogP contribution in [0.1, 0.15) is 37.6 Å². The van der Waals surface area contributed by atoms with Gasteiger partial charge in [-0.05, 0) is 31.9 Å². The summed E-state index contributed by atoms with van der Waals surface area (Å²) in [5.74, 6) is 1.15. The van der Waals surface area contributed by atoms with Crippen molar-refractivity contribution in [1.29, 1.82) is 0 Å². The Morgan fingerprint density at radius 2 is 2.32 bits per heavy atom. The third kappa shape index (κ3) is 4.65. The Balaban J connectivity index is 1.78. The predicted molar refractivity (Wildman–Crippen MR) is 81.0 cm³/mol. The first-order valence-electron chi connectivity index (χ1n) is 6.66. The summed E-state index contributed by atoms with van der Waals surface area (Å²) in [7, 11) is 0. The predicted octanol–water partition coefficient (Wildman–Crippen LogP) is 3.03. The van der Waals surface area contributed by atoms with E-state index in [9.17, 15) is 4.79 Å². The first-order chi connectivity index (χ1) is 9.17. The van der Waals surface area contributed by atoms with Gasteiger partial charge in [-0.25, -0.2) is 4.79 Å². The number of hydrogen-bond acceptors (Lipinski definition) is 5. The highest BCUT2D eigenvalue weighted by molar-refractivity contribution is 7.99. The lowest BCUT2D eigenvalue weighted by molar-refractivity contribution is 0.244. The fourth-order valence-corrected chi connectivity index (χ4v) is 4.09. The van der Waals surface area contributed by atoms with Crippen LogP contribution in [0.2, 0.25) is 0 Å². The third-order valence-electron chi connectivity index (χ3n) is 3.11. The van der Waals surface area contributed by atoms with Crippen LogP contribution in [0, 0.1) is 6.92 Å². The number of aromatic nitrogens is 2. The zero-order valence-corrected chi connectivity index (χ0v) is 12.9. The Morgan fingerprint density at radius 3 is 3.00 bits per heavy atom. The molecule has 2 N–H and O–H groups in total.